The molecule has 0 saturated heterocycles. The molecule has 14 heteroatoms. The maximum Gasteiger partial charge on any atom is 0.424 e. The van der Waals surface area contributed by atoms with Gasteiger partial charge in [-0.25, -0.2) is 13.8 Å². The van der Waals surface area contributed by atoms with E-state index in [0.29, 0.717) is 16.6 Å². The average Bonchev–Trinajstić information content (AvgIpc) is 3.37. The third-order valence-corrected chi connectivity index (χ3v) is 7.17. The third kappa shape index (κ3) is 5.05. The molecule has 0 aliphatic carbocycles. The number of carbonyl (C=O) groups is 1. The summed E-state index contributed by atoms with van der Waals surface area (Å²) in [5.74, 6) is -1.67. The number of alkyl halides is 4. The Morgan fingerprint density at radius 1 is 1.19 bits per heavy atom. The number of carbonyl (C=O) groups excluding carboxylic acids is 1. The molecular formula is C29H22F5N5O4. The van der Waals surface area contributed by atoms with Crippen LogP contribution in [0, 0.1) is 24.1 Å². The quantitative estimate of drug-likeness (QED) is 0.298. The number of nitriles is 1. The summed E-state index contributed by atoms with van der Waals surface area (Å²) in [6.45, 7) is -1.58. The minimum absolute atomic E-state index is 0.0855. The second kappa shape index (κ2) is 10.7. The minimum atomic E-state index is -5.42. The standard InChI is InChI=1S/C29H22F5N5O4/c1-15-7-17-8-18(9-21(42-2)23(17)39-38-15)26(40)36-13-28(41,29(32,33)34)22-10-20-25(43-14-27(20,11-30)12-35)24(37-22)16-3-5-19(31)6-4-16/h3-10,41H,11,13-14H2,1-2H3,(H,36,40)/t27-,28-/m0/s1. The van der Waals surface area contributed by atoms with Gasteiger partial charge in [0.25, 0.3) is 5.91 Å². The van der Waals surface area contributed by atoms with Crippen LogP contribution in [0.2, 0.25) is 0 Å². The predicted octanol–water partition coefficient (Wildman–Crippen LogP) is 4.45. The molecule has 1 aliphatic rings. The average molecular weight is 600 g/mol. The van der Waals surface area contributed by atoms with Gasteiger partial charge in [0.2, 0.25) is 5.60 Å². The Labute approximate surface area is 240 Å². The van der Waals surface area contributed by atoms with E-state index in [4.69, 9.17) is 9.47 Å². The number of methoxy groups -OCH3 is 1. The number of pyridine rings is 1. The SMILES string of the molecule is COc1cc(C(=O)NC[C@](O)(c2cc3c(c(-c4ccc(F)cc4)n2)OC[C@@]3(C#N)CF)C(F)(F)F)cc2cc(C)nnc12. The molecule has 2 atom stereocenters. The molecule has 2 aromatic heterocycles. The van der Waals surface area contributed by atoms with Crippen molar-refractivity contribution in [2.75, 3.05) is 26.9 Å². The third-order valence-electron chi connectivity index (χ3n) is 7.17. The number of amides is 1. The van der Waals surface area contributed by atoms with Gasteiger partial charge in [-0.3, -0.25) is 4.79 Å². The van der Waals surface area contributed by atoms with Crippen LogP contribution >= 0.6 is 0 Å². The van der Waals surface area contributed by atoms with Gasteiger partial charge in [0.1, 0.15) is 41.5 Å². The van der Waals surface area contributed by atoms with Crippen molar-refractivity contribution in [3.8, 4) is 28.8 Å². The van der Waals surface area contributed by atoms with Gasteiger partial charge in [0.05, 0.1) is 31.1 Å². The summed E-state index contributed by atoms with van der Waals surface area (Å²) in [5, 5.41) is 31.4. The highest BCUT2D eigenvalue weighted by atomic mass is 19.4. The molecule has 43 heavy (non-hydrogen) atoms. The van der Waals surface area contributed by atoms with E-state index in [1.165, 1.54) is 31.4 Å². The molecule has 0 bridgehead atoms. The fourth-order valence-corrected chi connectivity index (χ4v) is 4.72. The van der Waals surface area contributed by atoms with Crippen molar-refractivity contribution in [3.05, 3.63) is 76.9 Å². The number of rotatable bonds is 7. The molecular weight excluding hydrogens is 577 g/mol. The topological polar surface area (TPSA) is 130 Å². The lowest BCUT2D eigenvalue weighted by Crippen LogP contribution is -2.51. The van der Waals surface area contributed by atoms with Gasteiger partial charge >= 0.3 is 6.18 Å². The Hall–Kier alpha value is -4.90. The lowest BCUT2D eigenvalue weighted by atomic mass is 9.83. The zero-order chi connectivity index (χ0) is 31.2. The number of halogens is 5. The van der Waals surface area contributed by atoms with E-state index in [1.807, 2.05) is 0 Å². The molecule has 0 fully saturated rings. The van der Waals surface area contributed by atoms with Gasteiger partial charge in [-0.15, -0.1) is 5.10 Å². The van der Waals surface area contributed by atoms with E-state index in [-0.39, 0.29) is 33.9 Å². The van der Waals surface area contributed by atoms with E-state index in [0.717, 1.165) is 18.2 Å². The maximum absolute atomic E-state index is 14.6. The maximum atomic E-state index is 14.6. The first-order chi connectivity index (χ1) is 20.4. The van der Waals surface area contributed by atoms with Crippen molar-refractivity contribution in [2.45, 2.75) is 24.1 Å². The number of ether oxygens (including phenoxy) is 2. The van der Waals surface area contributed by atoms with Crippen LogP contribution in [-0.2, 0) is 11.0 Å². The van der Waals surface area contributed by atoms with Crippen molar-refractivity contribution in [3.63, 3.8) is 0 Å². The summed E-state index contributed by atoms with van der Waals surface area (Å²) >= 11 is 0. The van der Waals surface area contributed by atoms with E-state index in [2.05, 4.69) is 20.5 Å². The number of hydrogen-bond donors (Lipinski definition) is 2. The van der Waals surface area contributed by atoms with Crippen LogP contribution in [0.1, 0.15) is 27.3 Å². The highest BCUT2D eigenvalue weighted by Gasteiger charge is 2.57. The van der Waals surface area contributed by atoms with Crippen molar-refractivity contribution >= 4 is 16.8 Å². The molecule has 0 saturated carbocycles. The zero-order valence-electron chi connectivity index (χ0n) is 22.6. The van der Waals surface area contributed by atoms with Crippen LogP contribution in [0.3, 0.4) is 0 Å². The Morgan fingerprint density at radius 3 is 2.53 bits per heavy atom. The second-order valence-corrected chi connectivity index (χ2v) is 10.00. The van der Waals surface area contributed by atoms with Crippen LogP contribution in [0.25, 0.3) is 22.2 Å². The van der Waals surface area contributed by atoms with Crippen molar-refractivity contribution < 1.29 is 41.3 Å². The minimum Gasteiger partial charge on any atom is -0.494 e. The van der Waals surface area contributed by atoms with Crippen molar-refractivity contribution in [2.24, 2.45) is 0 Å². The van der Waals surface area contributed by atoms with Crippen LogP contribution in [-0.4, -0.2) is 59.3 Å². The van der Waals surface area contributed by atoms with Gasteiger partial charge in [-0.2, -0.15) is 23.5 Å². The Bertz CT molecular complexity index is 1780. The van der Waals surface area contributed by atoms with Crippen LogP contribution < -0.4 is 14.8 Å². The largest absolute Gasteiger partial charge is 0.494 e. The highest BCUT2D eigenvalue weighted by Crippen LogP contribution is 2.48. The molecule has 0 spiro atoms. The van der Waals surface area contributed by atoms with Crippen LogP contribution in [0.4, 0.5) is 22.0 Å². The number of nitrogens with zero attached hydrogens (tertiary/aromatic N) is 4. The molecule has 9 nitrogen and oxygen atoms in total. The monoisotopic (exact) mass is 599 g/mol. The van der Waals surface area contributed by atoms with Gasteiger partial charge in [0, 0.05) is 22.1 Å². The first kappa shape index (κ1) is 29.6. The highest BCUT2D eigenvalue weighted by molar-refractivity contribution is 5.99. The number of nitrogens with one attached hydrogen (secondary N) is 1. The molecule has 222 valence electrons. The molecule has 2 aromatic carbocycles. The van der Waals surface area contributed by atoms with Crippen molar-refractivity contribution in [1.29, 1.82) is 5.26 Å². The molecule has 1 aliphatic heterocycles. The molecule has 0 unspecified atom stereocenters. The Kier molecular flexibility index (Phi) is 7.39. The Morgan fingerprint density at radius 2 is 1.91 bits per heavy atom. The van der Waals surface area contributed by atoms with Gasteiger partial charge in [-0.05, 0) is 55.5 Å². The fraction of sp³-hybridized carbons (Fsp3) is 0.276. The smallest absolute Gasteiger partial charge is 0.424 e. The van der Waals surface area contributed by atoms with Gasteiger partial charge < -0.3 is 19.9 Å². The number of aromatic nitrogens is 3. The summed E-state index contributed by atoms with van der Waals surface area (Å²) < 4.78 is 82.4. The molecule has 3 heterocycles. The summed E-state index contributed by atoms with van der Waals surface area (Å²) in [6, 6.07) is 11.2. The Balaban J connectivity index is 1.59. The molecule has 5 rings (SSSR count). The summed E-state index contributed by atoms with van der Waals surface area (Å²) in [6.07, 6.45) is -5.42. The van der Waals surface area contributed by atoms with E-state index < -0.39 is 54.4 Å². The summed E-state index contributed by atoms with van der Waals surface area (Å²) in [5.41, 5.74) is -6.54. The predicted molar refractivity (Wildman–Crippen MR) is 142 cm³/mol. The van der Waals surface area contributed by atoms with Crippen LogP contribution in [0.15, 0.2) is 48.5 Å². The number of fused-ring (bicyclic) bond motifs is 2. The summed E-state index contributed by atoms with van der Waals surface area (Å²) in [4.78, 5) is 17.1. The first-order valence-corrected chi connectivity index (χ1v) is 12.7. The number of aryl methyl sites for hydroxylation is 1. The number of hydrogen-bond acceptors (Lipinski definition) is 8. The summed E-state index contributed by atoms with van der Waals surface area (Å²) in [7, 11) is 1.32. The second-order valence-electron chi connectivity index (χ2n) is 10.00. The molecule has 1 amide bonds. The normalized spacial score (nSPS) is 17.5. The van der Waals surface area contributed by atoms with Gasteiger partial charge in [0.15, 0.2) is 5.75 Å². The number of benzene rings is 2. The molecule has 0 radical (unpaired) electrons. The van der Waals surface area contributed by atoms with Crippen LogP contribution in [0.5, 0.6) is 11.5 Å². The molecule has 4 aromatic rings. The van der Waals surface area contributed by atoms with Crippen molar-refractivity contribution in [1.82, 2.24) is 20.5 Å². The van der Waals surface area contributed by atoms with E-state index in [9.17, 15) is 37.1 Å². The zero-order valence-corrected chi connectivity index (χ0v) is 22.6. The van der Waals surface area contributed by atoms with E-state index in [1.54, 1.807) is 19.1 Å². The first-order valence-electron chi connectivity index (χ1n) is 12.7. The fourth-order valence-electron chi connectivity index (χ4n) is 4.72. The molecule has 2 N–H and O–H groups in total. The lowest BCUT2D eigenvalue weighted by Gasteiger charge is -2.31. The van der Waals surface area contributed by atoms with E-state index >= 15 is 0 Å². The number of aliphatic hydroxyl groups is 1. The van der Waals surface area contributed by atoms with Gasteiger partial charge in [-0.1, -0.05) is 0 Å². The lowest BCUT2D eigenvalue weighted by molar-refractivity contribution is -0.265.